The minimum Gasteiger partial charge on any atom is -0.393 e. The number of rotatable bonds is 0. The Morgan fingerprint density at radius 2 is 2.06 bits per heavy atom. The number of allylic oxidation sites excluding steroid dienone is 2. The van der Waals surface area contributed by atoms with Crippen molar-refractivity contribution in [3.8, 4) is 0 Å². The first-order valence-electron chi connectivity index (χ1n) is 6.74. The van der Waals surface area contributed by atoms with Crippen molar-refractivity contribution in [2.45, 2.75) is 53.1 Å². The highest BCUT2D eigenvalue weighted by atomic mass is 16.3. The van der Waals surface area contributed by atoms with E-state index in [1.807, 2.05) is 0 Å². The highest BCUT2D eigenvalue weighted by Gasteiger charge is 2.66. The SMILES string of the molecule is CC1=CC[C@@]23C[C@H]1C(C)(C)[C@@H]2[C@@H](O)C[C@H]3C. The van der Waals surface area contributed by atoms with Crippen LogP contribution in [0.1, 0.15) is 47.0 Å². The first-order valence-corrected chi connectivity index (χ1v) is 6.74. The van der Waals surface area contributed by atoms with Gasteiger partial charge in [-0.2, -0.15) is 0 Å². The van der Waals surface area contributed by atoms with Gasteiger partial charge in [0, 0.05) is 0 Å². The summed E-state index contributed by atoms with van der Waals surface area (Å²) in [5.74, 6) is 1.93. The predicted octanol–water partition coefficient (Wildman–Crippen LogP) is 3.39. The molecule has 1 spiro atoms. The largest absolute Gasteiger partial charge is 0.393 e. The normalized spacial score (nSPS) is 53.7. The molecule has 0 unspecified atom stereocenters. The van der Waals surface area contributed by atoms with Crippen LogP contribution in [0, 0.1) is 28.6 Å². The first-order chi connectivity index (χ1) is 7.39. The molecule has 1 nitrogen and oxygen atoms in total. The smallest absolute Gasteiger partial charge is 0.0582 e. The molecule has 0 aromatic heterocycles. The molecular formula is C15H24O. The molecule has 0 heterocycles. The van der Waals surface area contributed by atoms with E-state index in [-0.39, 0.29) is 6.10 Å². The van der Waals surface area contributed by atoms with E-state index in [1.54, 1.807) is 5.57 Å². The maximum atomic E-state index is 10.4. The summed E-state index contributed by atoms with van der Waals surface area (Å²) in [5, 5.41) is 10.4. The zero-order valence-corrected chi connectivity index (χ0v) is 11.0. The number of aliphatic hydroxyl groups excluding tert-OH is 1. The molecule has 0 amide bonds. The molecular weight excluding hydrogens is 196 g/mol. The van der Waals surface area contributed by atoms with Gasteiger partial charge in [0.05, 0.1) is 6.10 Å². The molecule has 3 rings (SSSR count). The molecule has 5 atom stereocenters. The van der Waals surface area contributed by atoms with E-state index in [2.05, 4.69) is 33.8 Å². The Morgan fingerprint density at radius 3 is 2.75 bits per heavy atom. The Hall–Kier alpha value is -0.300. The van der Waals surface area contributed by atoms with Crippen molar-refractivity contribution in [2.75, 3.05) is 0 Å². The van der Waals surface area contributed by atoms with Crippen molar-refractivity contribution in [1.82, 2.24) is 0 Å². The van der Waals surface area contributed by atoms with Gasteiger partial charge in [0.1, 0.15) is 0 Å². The highest BCUT2D eigenvalue weighted by molar-refractivity contribution is 5.26. The van der Waals surface area contributed by atoms with Gasteiger partial charge in [-0.05, 0) is 54.8 Å². The summed E-state index contributed by atoms with van der Waals surface area (Å²) in [5.41, 5.74) is 2.29. The maximum Gasteiger partial charge on any atom is 0.0582 e. The second-order valence-electron chi connectivity index (χ2n) is 7.15. The molecule has 2 fully saturated rings. The minimum atomic E-state index is -0.0608. The summed E-state index contributed by atoms with van der Waals surface area (Å²) in [4.78, 5) is 0. The van der Waals surface area contributed by atoms with Crippen LogP contribution in [0.5, 0.6) is 0 Å². The van der Waals surface area contributed by atoms with Gasteiger partial charge in [-0.25, -0.2) is 0 Å². The maximum absolute atomic E-state index is 10.4. The summed E-state index contributed by atoms with van der Waals surface area (Å²) in [6, 6.07) is 0. The lowest BCUT2D eigenvalue weighted by molar-refractivity contribution is 0.0309. The number of aliphatic hydroxyl groups is 1. The van der Waals surface area contributed by atoms with E-state index in [4.69, 9.17) is 0 Å². The van der Waals surface area contributed by atoms with E-state index in [1.165, 1.54) is 12.8 Å². The van der Waals surface area contributed by atoms with Gasteiger partial charge < -0.3 is 5.11 Å². The van der Waals surface area contributed by atoms with E-state index >= 15 is 0 Å². The molecule has 3 aliphatic carbocycles. The van der Waals surface area contributed by atoms with Crippen LogP contribution < -0.4 is 0 Å². The molecule has 0 aromatic rings. The molecule has 90 valence electrons. The first kappa shape index (κ1) is 10.8. The topological polar surface area (TPSA) is 20.2 Å². The van der Waals surface area contributed by atoms with Crippen LogP contribution in [0.3, 0.4) is 0 Å². The Balaban J connectivity index is 2.13. The van der Waals surface area contributed by atoms with E-state index in [0.717, 1.165) is 6.42 Å². The standard InChI is InChI=1S/C15H24O/c1-9-5-6-15-8-11(9)14(3,4)13(15)12(16)7-10(15)2/h5,10-13,16H,6-8H2,1-4H3/t10-,11-,12+,13+,15+/m1/s1. The van der Waals surface area contributed by atoms with Crippen LogP contribution in [0.15, 0.2) is 11.6 Å². The molecule has 0 aromatic carbocycles. The van der Waals surface area contributed by atoms with Gasteiger partial charge in [0.2, 0.25) is 0 Å². The van der Waals surface area contributed by atoms with Crippen LogP contribution in [-0.2, 0) is 0 Å². The van der Waals surface area contributed by atoms with Crippen LogP contribution >= 0.6 is 0 Å². The average molecular weight is 220 g/mol. The Morgan fingerprint density at radius 1 is 1.38 bits per heavy atom. The molecule has 1 N–H and O–H groups in total. The fourth-order valence-corrected chi connectivity index (χ4v) is 5.50. The van der Waals surface area contributed by atoms with Crippen molar-refractivity contribution in [3.63, 3.8) is 0 Å². The molecule has 0 saturated heterocycles. The summed E-state index contributed by atoms with van der Waals surface area (Å²) in [6.45, 7) is 9.41. The van der Waals surface area contributed by atoms with Crippen molar-refractivity contribution in [3.05, 3.63) is 11.6 Å². The number of fused-ring (bicyclic) bond motifs is 1. The zero-order chi connectivity index (χ0) is 11.7. The summed E-state index contributed by atoms with van der Waals surface area (Å²) in [6.07, 6.45) is 5.96. The molecule has 3 aliphatic rings. The lowest BCUT2D eigenvalue weighted by Gasteiger charge is -2.37. The second-order valence-corrected chi connectivity index (χ2v) is 7.15. The Labute approximate surface area is 98.9 Å². The molecule has 0 radical (unpaired) electrons. The van der Waals surface area contributed by atoms with Crippen molar-refractivity contribution in [2.24, 2.45) is 28.6 Å². The number of hydrogen-bond donors (Lipinski definition) is 1. The van der Waals surface area contributed by atoms with Gasteiger partial charge in [0.25, 0.3) is 0 Å². The van der Waals surface area contributed by atoms with Gasteiger partial charge in [-0.1, -0.05) is 32.4 Å². The summed E-state index contributed by atoms with van der Waals surface area (Å²) < 4.78 is 0. The van der Waals surface area contributed by atoms with E-state index in [9.17, 15) is 5.11 Å². The van der Waals surface area contributed by atoms with Crippen LogP contribution in [0.25, 0.3) is 0 Å². The van der Waals surface area contributed by atoms with Crippen LogP contribution in [0.4, 0.5) is 0 Å². The third kappa shape index (κ3) is 1.01. The van der Waals surface area contributed by atoms with E-state index < -0.39 is 0 Å². The third-order valence-corrected chi connectivity index (χ3v) is 6.22. The van der Waals surface area contributed by atoms with Crippen LogP contribution in [0.2, 0.25) is 0 Å². The number of hydrogen-bond acceptors (Lipinski definition) is 1. The van der Waals surface area contributed by atoms with Gasteiger partial charge in [-0.15, -0.1) is 0 Å². The van der Waals surface area contributed by atoms with Gasteiger partial charge in [-0.3, -0.25) is 0 Å². The lowest BCUT2D eigenvalue weighted by Crippen LogP contribution is -2.35. The molecule has 1 heteroatoms. The van der Waals surface area contributed by atoms with E-state index in [0.29, 0.717) is 28.6 Å². The summed E-state index contributed by atoms with van der Waals surface area (Å²) in [7, 11) is 0. The average Bonchev–Trinajstić information content (AvgIpc) is 2.54. The second kappa shape index (κ2) is 2.93. The minimum absolute atomic E-state index is 0.0608. The quantitative estimate of drug-likeness (QED) is 0.620. The van der Waals surface area contributed by atoms with Crippen molar-refractivity contribution in [1.29, 1.82) is 0 Å². The molecule has 2 saturated carbocycles. The fourth-order valence-electron chi connectivity index (χ4n) is 5.50. The van der Waals surface area contributed by atoms with Crippen molar-refractivity contribution >= 4 is 0 Å². The zero-order valence-electron chi connectivity index (χ0n) is 11.0. The van der Waals surface area contributed by atoms with Crippen LogP contribution in [-0.4, -0.2) is 11.2 Å². The predicted molar refractivity (Wildman–Crippen MR) is 66.0 cm³/mol. The lowest BCUT2D eigenvalue weighted by atomic mass is 9.67. The Kier molecular flexibility index (Phi) is 1.98. The van der Waals surface area contributed by atoms with Crippen molar-refractivity contribution < 1.29 is 5.11 Å². The fraction of sp³-hybridized carbons (Fsp3) is 0.867. The highest BCUT2D eigenvalue weighted by Crippen LogP contribution is 2.71. The van der Waals surface area contributed by atoms with Gasteiger partial charge >= 0.3 is 0 Å². The monoisotopic (exact) mass is 220 g/mol. The molecule has 16 heavy (non-hydrogen) atoms. The summed E-state index contributed by atoms with van der Waals surface area (Å²) >= 11 is 0. The van der Waals surface area contributed by atoms with Gasteiger partial charge in [0.15, 0.2) is 0 Å². The molecule has 2 bridgehead atoms. The molecule has 0 aliphatic heterocycles. The Bertz CT molecular complexity index is 354. The third-order valence-electron chi connectivity index (χ3n) is 6.22.